The predicted octanol–water partition coefficient (Wildman–Crippen LogP) is 1.80. The number of aliphatic hydroxyl groups is 1. The molecule has 1 aromatic carbocycles. The van der Waals surface area contributed by atoms with E-state index in [1.165, 1.54) is 0 Å². The second-order valence-corrected chi connectivity index (χ2v) is 4.13. The van der Waals surface area contributed by atoms with Gasteiger partial charge in [0.1, 0.15) is 0 Å². The molecule has 1 atom stereocenters. The molecule has 0 saturated heterocycles. The number of aliphatic hydroxyl groups excluding tert-OH is 1. The van der Waals surface area contributed by atoms with E-state index in [1.807, 2.05) is 26.0 Å². The first kappa shape index (κ1) is 11.1. The first-order valence-corrected chi connectivity index (χ1v) is 5.04. The number of aliphatic carboxylic acids is 1. The molecule has 0 heterocycles. The van der Waals surface area contributed by atoms with Crippen molar-refractivity contribution in [1.29, 1.82) is 0 Å². The zero-order valence-corrected chi connectivity index (χ0v) is 8.84. The van der Waals surface area contributed by atoms with Gasteiger partial charge in [-0.05, 0) is 31.0 Å². The highest BCUT2D eigenvalue weighted by molar-refractivity contribution is 8.00. The SMILES string of the molecule is Cc1cccc(SC(O)C(=O)O)c1C. The standard InChI is InChI=1S/C10H12O3S/c1-6-4-3-5-8(7(6)2)14-10(13)9(11)12/h3-5,10,13H,1-2H3,(H,11,12). The Kier molecular flexibility index (Phi) is 3.55. The van der Waals surface area contributed by atoms with Crippen LogP contribution in [0.3, 0.4) is 0 Å². The van der Waals surface area contributed by atoms with E-state index >= 15 is 0 Å². The Morgan fingerprint density at radius 3 is 2.64 bits per heavy atom. The van der Waals surface area contributed by atoms with E-state index in [0.29, 0.717) is 0 Å². The summed E-state index contributed by atoms with van der Waals surface area (Å²) in [6, 6.07) is 5.60. The van der Waals surface area contributed by atoms with Gasteiger partial charge in [-0.2, -0.15) is 0 Å². The Balaban J connectivity index is 2.87. The number of benzene rings is 1. The van der Waals surface area contributed by atoms with Crippen molar-refractivity contribution in [2.45, 2.75) is 24.2 Å². The van der Waals surface area contributed by atoms with Crippen LogP contribution in [-0.2, 0) is 4.79 Å². The first-order chi connectivity index (χ1) is 6.52. The highest BCUT2D eigenvalue weighted by Gasteiger charge is 2.15. The lowest BCUT2D eigenvalue weighted by molar-refractivity contribution is -0.141. The highest BCUT2D eigenvalue weighted by Crippen LogP contribution is 2.27. The number of carboxylic acids is 1. The summed E-state index contributed by atoms with van der Waals surface area (Å²) in [6.45, 7) is 3.86. The van der Waals surface area contributed by atoms with E-state index < -0.39 is 11.4 Å². The molecule has 0 amide bonds. The van der Waals surface area contributed by atoms with E-state index in [2.05, 4.69) is 0 Å². The summed E-state index contributed by atoms with van der Waals surface area (Å²) in [6.07, 6.45) is 0. The highest BCUT2D eigenvalue weighted by atomic mass is 32.2. The van der Waals surface area contributed by atoms with Gasteiger partial charge >= 0.3 is 5.97 Å². The van der Waals surface area contributed by atoms with Crippen LogP contribution in [0.2, 0.25) is 0 Å². The summed E-state index contributed by atoms with van der Waals surface area (Å²) in [4.78, 5) is 11.2. The van der Waals surface area contributed by atoms with Crippen molar-refractivity contribution >= 4 is 17.7 Å². The second kappa shape index (κ2) is 4.48. The number of hydrogen-bond donors (Lipinski definition) is 2. The average Bonchev–Trinajstić information content (AvgIpc) is 2.12. The van der Waals surface area contributed by atoms with Gasteiger partial charge in [-0.25, -0.2) is 4.79 Å². The smallest absolute Gasteiger partial charge is 0.343 e. The molecule has 4 heteroatoms. The molecule has 0 fully saturated rings. The van der Waals surface area contributed by atoms with Crippen LogP contribution >= 0.6 is 11.8 Å². The van der Waals surface area contributed by atoms with Crippen molar-refractivity contribution in [3.8, 4) is 0 Å². The van der Waals surface area contributed by atoms with Crippen molar-refractivity contribution < 1.29 is 15.0 Å². The van der Waals surface area contributed by atoms with Crippen LogP contribution in [0.4, 0.5) is 0 Å². The Bertz CT molecular complexity index is 349. The number of aryl methyl sites for hydroxylation is 1. The van der Waals surface area contributed by atoms with Gasteiger partial charge in [0.15, 0.2) is 0 Å². The summed E-state index contributed by atoms with van der Waals surface area (Å²) in [5.41, 5.74) is 0.709. The maximum Gasteiger partial charge on any atom is 0.343 e. The van der Waals surface area contributed by atoms with Crippen LogP contribution in [0.15, 0.2) is 23.1 Å². The van der Waals surface area contributed by atoms with E-state index in [0.717, 1.165) is 27.8 Å². The van der Waals surface area contributed by atoms with Gasteiger partial charge in [0.05, 0.1) is 0 Å². The number of thioether (sulfide) groups is 1. The summed E-state index contributed by atoms with van der Waals surface area (Å²) >= 11 is 0.948. The van der Waals surface area contributed by atoms with Crippen LogP contribution in [0, 0.1) is 13.8 Å². The molecule has 2 N–H and O–H groups in total. The third-order valence-corrected chi connectivity index (χ3v) is 3.13. The maximum absolute atomic E-state index is 10.4. The molecule has 1 rings (SSSR count). The zero-order chi connectivity index (χ0) is 10.7. The number of carboxylic acid groups (broad SMARTS) is 1. The molecule has 3 nitrogen and oxygen atoms in total. The van der Waals surface area contributed by atoms with Crippen molar-refractivity contribution in [3.63, 3.8) is 0 Å². The fraction of sp³-hybridized carbons (Fsp3) is 0.300. The van der Waals surface area contributed by atoms with Gasteiger partial charge in [-0.3, -0.25) is 0 Å². The Morgan fingerprint density at radius 2 is 2.07 bits per heavy atom. The Morgan fingerprint density at radius 1 is 1.43 bits per heavy atom. The molecular weight excluding hydrogens is 200 g/mol. The molecule has 0 aromatic heterocycles. The van der Waals surface area contributed by atoms with E-state index in [4.69, 9.17) is 10.2 Å². The molecule has 0 spiro atoms. The lowest BCUT2D eigenvalue weighted by atomic mass is 10.1. The predicted molar refractivity (Wildman–Crippen MR) is 55.4 cm³/mol. The first-order valence-electron chi connectivity index (χ1n) is 4.16. The largest absolute Gasteiger partial charge is 0.479 e. The molecule has 1 aromatic rings. The molecule has 0 aliphatic carbocycles. The second-order valence-electron chi connectivity index (χ2n) is 3.01. The molecule has 0 aliphatic rings. The Hall–Kier alpha value is -1.00. The van der Waals surface area contributed by atoms with Crippen LogP contribution in [0.5, 0.6) is 0 Å². The van der Waals surface area contributed by atoms with Gasteiger partial charge in [0, 0.05) is 4.90 Å². The fourth-order valence-corrected chi connectivity index (χ4v) is 1.86. The lowest BCUT2D eigenvalue weighted by Gasteiger charge is -2.09. The number of rotatable bonds is 3. The zero-order valence-electron chi connectivity index (χ0n) is 8.02. The van der Waals surface area contributed by atoms with Crippen molar-refractivity contribution in [3.05, 3.63) is 29.3 Å². The van der Waals surface area contributed by atoms with Crippen LogP contribution in [0.25, 0.3) is 0 Å². The fourth-order valence-electron chi connectivity index (χ4n) is 1.02. The topological polar surface area (TPSA) is 57.5 Å². The maximum atomic E-state index is 10.4. The third kappa shape index (κ3) is 2.49. The van der Waals surface area contributed by atoms with Gasteiger partial charge in [-0.1, -0.05) is 23.9 Å². The molecule has 14 heavy (non-hydrogen) atoms. The van der Waals surface area contributed by atoms with E-state index in [9.17, 15) is 4.79 Å². The summed E-state index contributed by atoms with van der Waals surface area (Å²) in [5, 5.41) is 17.7. The minimum atomic E-state index is -1.39. The summed E-state index contributed by atoms with van der Waals surface area (Å²) in [5.74, 6) is -1.21. The average molecular weight is 212 g/mol. The number of carbonyl (C=O) groups is 1. The van der Waals surface area contributed by atoms with Gasteiger partial charge in [0.2, 0.25) is 5.44 Å². The summed E-state index contributed by atoms with van der Waals surface area (Å²) < 4.78 is 0. The van der Waals surface area contributed by atoms with Crippen LogP contribution in [-0.4, -0.2) is 21.6 Å². The van der Waals surface area contributed by atoms with Gasteiger partial charge in [0.25, 0.3) is 0 Å². The van der Waals surface area contributed by atoms with E-state index in [1.54, 1.807) is 6.07 Å². The lowest BCUT2D eigenvalue weighted by Crippen LogP contribution is -2.14. The minimum Gasteiger partial charge on any atom is -0.479 e. The molecule has 1 unspecified atom stereocenters. The van der Waals surface area contributed by atoms with Crippen molar-refractivity contribution in [1.82, 2.24) is 0 Å². The summed E-state index contributed by atoms with van der Waals surface area (Å²) in [7, 11) is 0. The molecule has 76 valence electrons. The normalized spacial score (nSPS) is 12.5. The molecule has 0 aliphatic heterocycles. The Labute approximate surface area is 86.8 Å². The van der Waals surface area contributed by atoms with E-state index in [-0.39, 0.29) is 0 Å². The van der Waals surface area contributed by atoms with Crippen LogP contribution < -0.4 is 0 Å². The van der Waals surface area contributed by atoms with Crippen LogP contribution in [0.1, 0.15) is 11.1 Å². The molecular formula is C10H12O3S. The monoisotopic (exact) mass is 212 g/mol. The third-order valence-electron chi connectivity index (χ3n) is 2.00. The quantitative estimate of drug-likeness (QED) is 0.592. The molecule has 0 saturated carbocycles. The molecule has 0 bridgehead atoms. The van der Waals surface area contributed by atoms with Crippen molar-refractivity contribution in [2.24, 2.45) is 0 Å². The van der Waals surface area contributed by atoms with Crippen molar-refractivity contribution in [2.75, 3.05) is 0 Å². The molecule has 0 radical (unpaired) electrons. The van der Waals surface area contributed by atoms with Gasteiger partial charge < -0.3 is 10.2 Å². The van der Waals surface area contributed by atoms with Gasteiger partial charge in [-0.15, -0.1) is 0 Å². The minimum absolute atomic E-state index is 0.805. The number of hydrogen-bond acceptors (Lipinski definition) is 3.